The topological polar surface area (TPSA) is 99.7 Å². The van der Waals surface area contributed by atoms with Crippen molar-refractivity contribution in [2.24, 2.45) is 0 Å². The molecule has 1 aliphatic carbocycles. The van der Waals surface area contributed by atoms with Crippen LogP contribution in [-0.4, -0.2) is 40.0 Å². The third-order valence-electron chi connectivity index (χ3n) is 4.15. The Morgan fingerprint density at radius 3 is 2.65 bits per heavy atom. The minimum atomic E-state index is -1.50. The predicted octanol–water partition coefficient (Wildman–Crippen LogP) is 0.771. The Labute approximate surface area is 113 Å². The van der Waals surface area contributed by atoms with E-state index in [2.05, 4.69) is 0 Å². The molecule has 0 spiro atoms. The Hall–Kier alpha value is -2.18. The van der Waals surface area contributed by atoms with Crippen LogP contribution >= 0.6 is 0 Å². The molecule has 20 heavy (non-hydrogen) atoms. The molecular weight excluding hydrogens is 264 g/mol. The third-order valence-corrected chi connectivity index (χ3v) is 4.15. The lowest BCUT2D eigenvalue weighted by molar-refractivity contribution is -0.144. The molecule has 2 saturated heterocycles. The van der Waals surface area contributed by atoms with E-state index in [9.17, 15) is 19.8 Å². The van der Waals surface area contributed by atoms with E-state index in [1.165, 1.54) is 6.07 Å². The lowest BCUT2D eigenvalue weighted by Gasteiger charge is -2.17. The quantitative estimate of drug-likeness (QED) is 0.624. The molecule has 4 unspecified atom stereocenters. The molecule has 6 nitrogen and oxygen atoms in total. The van der Waals surface area contributed by atoms with Crippen molar-refractivity contribution in [2.75, 3.05) is 0 Å². The largest absolute Gasteiger partial charge is 0.479 e. The molecule has 2 fully saturated rings. The molecule has 0 bridgehead atoms. The van der Waals surface area contributed by atoms with Crippen LogP contribution in [0.25, 0.3) is 0 Å². The highest BCUT2D eigenvalue weighted by Crippen LogP contribution is 2.66. The maximum atomic E-state index is 11.6. The van der Waals surface area contributed by atoms with Gasteiger partial charge in [-0.05, 0) is 12.1 Å². The summed E-state index contributed by atoms with van der Waals surface area (Å²) < 4.78 is 10.9. The van der Waals surface area contributed by atoms with Gasteiger partial charge in [0, 0.05) is 5.56 Å². The second-order valence-corrected chi connectivity index (χ2v) is 5.11. The number of aliphatic carboxylic acids is 1. The van der Waals surface area contributed by atoms with Crippen molar-refractivity contribution in [3.8, 4) is 0 Å². The van der Waals surface area contributed by atoms with Crippen molar-refractivity contribution >= 4 is 11.9 Å². The number of fused-ring (bicyclic) bond motifs is 3. The fraction of sp³-hybridized carbons (Fsp3) is 0.286. The van der Waals surface area contributed by atoms with Crippen molar-refractivity contribution in [3.05, 3.63) is 47.5 Å². The summed E-state index contributed by atoms with van der Waals surface area (Å²) >= 11 is 0. The molecule has 1 aromatic rings. The number of benzene rings is 1. The zero-order valence-corrected chi connectivity index (χ0v) is 10.1. The fourth-order valence-electron chi connectivity index (χ4n) is 3.15. The predicted molar refractivity (Wildman–Crippen MR) is 64.3 cm³/mol. The molecule has 2 aliphatic heterocycles. The van der Waals surface area contributed by atoms with Gasteiger partial charge in [0.15, 0.2) is 5.60 Å². The molecule has 4 atom stereocenters. The number of carboxylic acid groups (broad SMARTS) is 2. The standard InChI is InChI=1S/C14H10O6/c15-11(16)7-3-1-2-4-8(7)13-6-5-9-10(19-9)14(13,20-13)12(17)18/h1-6,9-10H,(H,15,16)(H,17,18). The van der Waals surface area contributed by atoms with Gasteiger partial charge >= 0.3 is 11.9 Å². The molecule has 4 rings (SSSR count). The Kier molecular flexibility index (Phi) is 1.91. The van der Waals surface area contributed by atoms with Gasteiger partial charge in [0.25, 0.3) is 0 Å². The Balaban J connectivity index is 1.91. The van der Waals surface area contributed by atoms with E-state index in [0.717, 1.165) is 0 Å². The van der Waals surface area contributed by atoms with Gasteiger partial charge in [0.05, 0.1) is 5.56 Å². The van der Waals surface area contributed by atoms with Crippen LogP contribution in [-0.2, 0) is 19.9 Å². The summed E-state index contributed by atoms with van der Waals surface area (Å²) in [5.74, 6) is -2.24. The highest BCUT2D eigenvalue weighted by molar-refractivity contribution is 5.93. The van der Waals surface area contributed by atoms with E-state index in [0.29, 0.717) is 5.56 Å². The summed E-state index contributed by atoms with van der Waals surface area (Å²) in [4.78, 5) is 23.0. The van der Waals surface area contributed by atoms with E-state index in [-0.39, 0.29) is 11.7 Å². The van der Waals surface area contributed by atoms with Crippen molar-refractivity contribution < 1.29 is 29.3 Å². The second-order valence-electron chi connectivity index (χ2n) is 5.11. The smallest absolute Gasteiger partial charge is 0.342 e. The van der Waals surface area contributed by atoms with Gasteiger partial charge in [-0.15, -0.1) is 0 Å². The summed E-state index contributed by atoms with van der Waals surface area (Å²) in [6.07, 6.45) is 2.54. The second kappa shape index (κ2) is 3.28. The maximum Gasteiger partial charge on any atom is 0.342 e. The zero-order chi connectivity index (χ0) is 14.1. The highest BCUT2D eigenvalue weighted by Gasteiger charge is 2.85. The molecule has 0 aromatic heterocycles. The van der Waals surface area contributed by atoms with Crippen LogP contribution in [0.4, 0.5) is 0 Å². The summed E-state index contributed by atoms with van der Waals surface area (Å²) in [6, 6.07) is 6.28. The molecule has 0 amide bonds. The normalized spacial score (nSPS) is 39.6. The molecular formula is C14H10O6. The minimum absolute atomic E-state index is 0.0411. The lowest BCUT2D eigenvalue weighted by atomic mass is 9.78. The van der Waals surface area contributed by atoms with Crippen LogP contribution in [0.15, 0.2) is 36.4 Å². The van der Waals surface area contributed by atoms with Crippen molar-refractivity contribution in [2.45, 2.75) is 23.4 Å². The molecule has 0 radical (unpaired) electrons. The number of hydrogen-bond donors (Lipinski definition) is 2. The number of aromatic carboxylic acids is 1. The summed E-state index contributed by atoms with van der Waals surface area (Å²) in [5.41, 5.74) is -2.36. The molecule has 3 aliphatic rings. The Morgan fingerprint density at radius 1 is 1.20 bits per heavy atom. The van der Waals surface area contributed by atoms with Gasteiger partial charge < -0.3 is 19.7 Å². The monoisotopic (exact) mass is 274 g/mol. The first kappa shape index (κ1) is 11.6. The van der Waals surface area contributed by atoms with Crippen LogP contribution in [0.3, 0.4) is 0 Å². The molecule has 2 heterocycles. The van der Waals surface area contributed by atoms with Gasteiger partial charge in [0.1, 0.15) is 12.2 Å². The Morgan fingerprint density at radius 2 is 1.95 bits per heavy atom. The zero-order valence-electron chi connectivity index (χ0n) is 10.1. The van der Waals surface area contributed by atoms with E-state index in [4.69, 9.17) is 9.47 Å². The molecule has 2 N–H and O–H groups in total. The van der Waals surface area contributed by atoms with Gasteiger partial charge in [-0.25, -0.2) is 9.59 Å². The van der Waals surface area contributed by atoms with Crippen LogP contribution in [0.2, 0.25) is 0 Å². The molecule has 6 heteroatoms. The fourth-order valence-corrected chi connectivity index (χ4v) is 3.15. The maximum absolute atomic E-state index is 11.6. The van der Waals surface area contributed by atoms with Crippen molar-refractivity contribution in [1.82, 2.24) is 0 Å². The van der Waals surface area contributed by atoms with Crippen LogP contribution in [0, 0.1) is 0 Å². The minimum Gasteiger partial charge on any atom is -0.479 e. The molecule has 1 aromatic carbocycles. The molecule has 0 saturated carbocycles. The van der Waals surface area contributed by atoms with Crippen LogP contribution in [0.5, 0.6) is 0 Å². The lowest BCUT2D eigenvalue weighted by Crippen LogP contribution is -2.40. The summed E-state index contributed by atoms with van der Waals surface area (Å²) in [5, 5.41) is 18.8. The van der Waals surface area contributed by atoms with Gasteiger partial charge in [0.2, 0.25) is 5.60 Å². The van der Waals surface area contributed by atoms with Crippen molar-refractivity contribution in [3.63, 3.8) is 0 Å². The average Bonchev–Trinajstić information content (AvgIpc) is 3.29. The van der Waals surface area contributed by atoms with E-state index in [1.807, 2.05) is 0 Å². The van der Waals surface area contributed by atoms with Crippen molar-refractivity contribution in [1.29, 1.82) is 0 Å². The van der Waals surface area contributed by atoms with Gasteiger partial charge in [-0.1, -0.05) is 24.3 Å². The summed E-state index contributed by atoms with van der Waals surface area (Å²) in [6.45, 7) is 0. The third kappa shape index (κ3) is 1.12. The Bertz CT molecular complexity index is 680. The first-order valence-corrected chi connectivity index (χ1v) is 6.14. The number of epoxide rings is 2. The number of carbonyl (C=O) groups is 2. The first-order valence-electron chi connectivity index (χ1n) is 6.14. The van der Waals surface area contributed by atoms with E-state index >= 15 is 0 Å². The average molecular weight is 274 g/mol. The number of hydrogen-bond acceptors (Lipinski definition) is 4. The van der Waals surface area contributed by atoms with E-state index in [1.54, 1.807) is 30.4 Å². The number of rotatable bonds is 3. The van der Waals surface area contributed by atoms with E-state index < -0.39 is 29.2 Å². The molecule has 102 valence electrons. The summed E-state index contributed by atoms with van der Waals surface area (Å²) in [7, 11) is 0. The first-order chi connectivity index (χ1) is 9.53. The van der Waals surface area contributed by atoms with Crippen LogP contribution < -0.4 is 0 Å². The number of ether oxygens (including phenoxy) is 2. The van der Waals surface area contributed by atoms with Gasteiger partial charge in [-0.3, -0.25) is 0 Å². The number of carboxylic acids is 2. The van der Waals surface area contributed by atoms with Crippen LogP contribution in [0.1, 0.15) is 15.9 Å². The highest BCUT2D eigenvalue weighted by atomic mass is 16.7. The SMILES string of the molecule is O=C(O)c1ccccc1C12C=CC3OC3C1(C(=O)O)O2. The van der Waals surface area contributed by atoms with Gasteiger partial charge in [-0.2, -0.15) is 0 Å².